The van der Waals surface area contributed by atoms with Crippen LogP contribution in [-0.4, -0.2) is 44.6 Å². The van der Waals surface area contributed by atoms with Crippen molar-refractivity contribution in [2.45, 2.75) is 30.0 Å². The number of carbonyl (C=O) groups is 2. The Morgan fingerprint density at radius 3 is 2.25 bits per heavy atom. The first-order chi connectivity index (χ1) is 20.9. The molecule has 0 unspecified atom stereocenters. The minimum atomic E-state index is -4.58. The topological polar surface area (TPSA) is 113 Å². The quantitative estimate of drug-likeness (QED) is 0.231. The van der Waals surface area contributed by atoms with Gasteiger partial charge in [0.25, 0.3) is 10.0 Å². The van der Waals surface area contributed by atoms with E-state index in [0.29, 0.717) is 22.6 Å². The Kier molecular flexibility index (Phi) is 8.63. The Labute approximate surface area is 251 Å². The van der Waals surface area contributed by atoms with Gasteiger partial charge in [-0.25, -0.2) is 8.42 Å². The first-order valence-corrected chi connectivity index (χ1v) is 15.0. The molecule has 1 atom stereocenters. The highest BCUT2D eigenvalue weighted by molar-refractivity contribution is 7.93. The van der Waals surface area contributed by atoms with Crippen molar-refractivity contribution in [3.8, 4) is 16.9 Å². The smallest absolute Gasteiger partial charge is 0.417 e. The molecule has 1 aliphatic rings. The maximum Gasteiger partial charge on any atom is 0.417 e. The maximum absolute atomic E-state index is 13.9. The van der Waals surface area contributed by atoms with Crippen LogP contribution in [0.2, 0.25) is 0 Å². The van der Waals surface area contributed by atoms with Gasteiger partial charge in [0, 0.05) is 6.42 Å². The van der Waals surface area contributed by atoms with E-state index in [0.717, 1.165) is 10.4 Å². The van der Waals surface area contributed by atoms with Gasteiger partial charge in [0.15, 0.2) is 0 Å². The summed E-state index contributed by atoms with van der Waals surface area (Å²) in [7, 11) is -4.29. The summed E-state index contributed by atoms with van der Waals surface area (Å²) in [4.78, 5) is 24.0. The van der Waals surface area contributed by atoms with Crippen molar-refractivity contribution >= 4 is 27.6 Å². The van der Waals surface area contributed by atoms with Gasteiger partial charge in [-0.15, -0.1) is 0 Å². The van der Waals surface area contributed by atoms with E-state index >= 15 is 0 Å². The third kappa shape index (κ3) is 6.55. The summed E-state index contributed by atoms with van der Waals surface area (Å²) in [6, 6.07) is 22.3. The van der Waals surface area contributed by atoms with Gasteiger partial charge in [0.2, 0.25) is 5.91 Å². The number of carboxylic acids is 1. The van der Waals surface area contributed by atoms with Crippen molar-refractivity contribution < 1.29 is 41.0 Å². The number of anilines is 1. The predicted octanol–water partition coefficient (Wildman–Crippen LogP) is 5.31. The number of sulfonamides is 1. The average Bonchev–Trinajstić information content (AvgIpc) is 3.40. The van der Waals surface area contributed by atoms with Crippen molar-refractivity contribution in [2.75, 3.05) is 17.5 Å². The molecule has 1 heterocycles. The lowest BCUT2D eigenvalue weighted by Crippen LogP contribution is -2.48. The monoisotopic (exact) mass is 624 g/mol. The standard InChI is InChI=1S/C32H27F3N2O6S/c33-32(34,35)27-7-3-2-6-26(27)22-11-15-25(16-12-22)44(41,42)37-28-8-4-1-5-23(28)20-29(37)31(40)36-17-18-43-24-13-9-21(10-14-24)19-30(38)39/h1-16,29H,17-20H2,(H,36,40)(H,38,39)/t29-/m0/s1. The van der Waals surface area contributed by atoms with E-state index < -0.39 is 39.7 Å². The summed E-state index contributed by atoms with van der Waals surface area (Å²) in [6.45, 7) is 0.154. The van der Waals surface area contributed by atoms with Gasteiger partial charge < -0.3 is 15.2 Å². The Bertz CT molecular complexity index is 1780. The number of nitrogens with zero attached hydrogens (tertiary/aromatic N) is 1. The second-order valence-electron chi connectivity index (χ2n) is 10.1. The van der Waals surface area contributed by atoms with Crippen LogP contribution < -0.4 is 14.4 Å². The fraction of sp³-hybridized carbons (Fsp3) is 0.188. The number of hydrogen-bond acceptors (Lipinski definition) is 5. The molecule has 12 heteroatoms. The Balaban J connectivity index is 1.31. The van der Waals surface area contributed by atoms with Gasteiger partial charge in [-0.2, -0.15) is 13.2 Å². The van der Waals surface area contributed by atoms with E-state index in [1.54, 1.807) is 48.5 Å². The summed E-state index contributed by atoms with van der Waals surface area (Å²) < 4.78 is 75.1. The molecule has 1 aliphatic heterocycles. The number of alkyl halides is 3. The summed E-state index contributed by atoms with van der Waals surface area (Å²) in [5.41, 5.74) is 0.901. The molecule has 0 fully saturated rings. The lowest BCUT2D eigenvalue weighted by molar-refractivity contribution is -0.137. The molecule has 4 aromatic rings. The molecular weight excluding hydrogens is 597 g/mol. The van der Waals surface area contributed by atoms with Crippen LogP contribution >= 0.6 is 0 Å². The summed E-state index contributed by atoms with van der Waals surface area (Å²) in [5.74, 6) is -1.01. The van der Waals surface area contributed by atoms with E-state index in [1.165, 1.54) is 42.5 Å². The Hall–Kier alpha value is -4.84. The number of rotatable bonds is 10. The molecule has 2 N–H and O–H groups in total. The fourth-order valence-electron chi connectivity index (χ4n) is 5.09. The molecule has 0 spiro atoms. The van der Waals surface area contributed by atoms with E-state index in [4.69, 9.17) is 9.84 Å². The van der Waals surface area contributed by atoms with Crippen LogP contribution in [0.5, 0.6) is 5.75 Å². The van der Waals surface area contributed by atoms with Crippen LogP contribution in [0, 0.1) is 0 Å². The van der Waals surface area contributed by atoms with Crippen LogP contribution in [0.15, 0.2) is 102 Å². The molecule has 1 amide bonds. The van der Waals surface area contributed by atoms with Gasteiger partial charge in [-0.3, -0.25) is 13.9 Å². The Morgan fingerprint density at radius 2 is 1.57 bits per heavy atom. The zero-order valence-electron chi connectivity index (χ0n) is 23.1. The SMILES string of the molecule is O=C(O)Cc1ccc(OCCNC(=O)[C@@H]2Cc3ccccc3N2S(=O)(=O)c2ccc(-c3ccccc3C(F)(F)F)cc2)cc1. The average molecular weight is 625 g/mol. The minimum absolute atomic E-state index is 0.0732. The molecule has 5 rings (SSSR count). The van der Waals surface area contributed by atoms with Gasteiger partial charge >= 0.3 is 12.1 Å². The second-order valence-corrected chi connectivity index (χ2v) is 11.9. The van der Waals surface area contributed by atoms with Gasteiger partial charge in [0.05, 0.1) is 29.1 Å². The highest BCUT2D eigenvalue weighted by Gasteiger charge is 2.42. The van der Waals surface area contributed by atoms with Crippen molar-refractivity contribution in [2.24, 2.45) is 0 Å². The predicted molar refractivity (Wildman–Crippen MR) is 157 cm³/mol. The Morgan fingerprint density at radius 1 is 0.909 bits per heavy atom. The van der Waals surface area contributed by atoms with E-state index in [2.05, 4.69) is 5.32 Å². The van der Waals surface area contributed by atoms with Crippen LogP contribution in [0.3, 0.4) is 0 Å². The van der Waals surface area contributed by atoms with Crippen LogP contribution in [0.25, 0.3) is 11.1 Å². The molecule has 8 nitrogen and oxygen atoms in total. The number of para-hydroxylation sites is 1. The molecule has 0 saturated heterocycles. The molecule has 0 radical (unpaired) electrons. The minimum Gasteiger partial charge on any atom is -0.492 e. The van der Waals surface area contributed by atoms with E-state index in [9.17, 15) is 31.2 Å². The number of halogens is 3. The van der Waals surface area contributed by atoms with Crippen molar-refractivity contribution in [3.05, 3.63) is 114 Å². The fourth-order valence-corrected chi connectivity index (χ4v) is 6.74. The number of amides is 1. The molecule has 0 aliphatic carbocycles. The normalized spacial score (nSPS) is 14.6. The number of carboxylic acid groups (broad SMARTS) is 1. The molecule has 4 aromatic carbocycles. The largest absolute Gasteiger partial charge is 0.492 e. The van der Waals surface area contributed by atoms with Crippen LogP contribution in [-0.2, 0) is 38.6 Å². The number of nitrogens with one attached hydrogen (secondary N) is 1. The molecular formula is C32H27F3N2O6S. The number of carbonyl (C=O) groups excluding carboxylic acids is 1. The van der Waals surface area contributed by atoms with E-state index in [-0.39, 0.29) is 42.0 Å². The van der Waals surface area contributed by atoms with Crippen LogP contribution in [0.4, 0.5) is 18.9 Å². The van der Waals surface area contributed by atoms with Crippen molar-refractivity contribution in [1.29, 1.82) is 0 Å². The lowest BCUT2D eigenvalue weighted by atomic mass is 9.99. The number of aliphatic carboxylic acids is 1. The molecule has 0 saturated carbocycles. The van der Waals surface area contributed by atoms with Crippen molar-refractivity contribution in [3.63, 3.8) is 0 Å². The number of ether oxygens (including phenoxy) is 1. The first kappa shape index (κ1) is 30.6. The number of fused-ring (bicyclic) bond motifs is 1. The number of benzene rings is 4. The summed E-state index contributed by atoms with van der Waals surface area (Å²) >= 11 is 0. The summed E-state index contributed by atoms with van der Waals surface area (Å²) in [5, 5.41) is 11.6. The molecule has 44 heavy (non-hydrogen) atoms. The molecule has 0 bridgehead atoms. The third-order valence-electron chi connectivity index (χ3n) is 7.13. The lowest BCUT2D eigenvalue weighted by Gasteiger charge is -2.26. The van der Waals surface area contributed by atoms with Crippen molar-refractivity contribution in [1.82, 2.24) is 5.32 Å². The number of hydrogen-bond donors (Lipinski definition) is 2. The zero-order chi connectivity index (χ0) is 31.5. The zero-order valence-corrected chi connectivity index (χ0v) is 23.9. The highest BCUT2D eigenvalue weighted by Crippen LogP contribution is 2.39. The summed E-state index contributed by atoms with van der Waals surface area (Å²) in [6.07, 6.45) is -4.57. The first-order valence-electron chi connectivity index (χ1n) is 13.6. The molecule has 228 valence electrons. The van der Waals surface area contributed by atoms with Crippen LogP contribution in [0.1, 0.15) is 16.7 Å². The van der Waals surface area contributed by atoms with Gasteiger partial charge in [-0.05, 0) is 58.7 Å². The maximum atomic E-state index is 13.9. The second kappa shape index (κ2) is 12.4. The van der Waals surface area contributed by atoms with Gasteiger partial charge in [-0.1, -0.05) is 60.7 Å². The van der Waals surface area contributed by atoms with E-state index in [1.807, 2.05) is 0 Å². The highest BCUT2D eigenvalue weighted by atomic mass is 32.2. The third-order valence-corrected chi connectivity index (χ3v) is 8.97. The molecule has 0 aromatic heterocycles. The van der Waals surface area contributed by atoms with Gasteiger partial charge in [0.1, 0.15) is 18.4 Å².